The van der Waals surface area contributed by atoms with Crippen LogP contribution in [0.2, 0.25) is 5.02 Å². The molecule has 1 aromatic carbocycles. The number of hydrogen-bond acceptors (Lipinski definition) is 6. The van der Waals surface area contributed by atoms with E-state index < -0.39 is 18.5 Å². The second kappa shape index (κ2) is 10.3. The van der Waals surface area contributed by atoms with Gasteiger partial charge in [0.2, 0.25) is 0 Å². The van der Waals surface area contributed by atoms with Crippen molar-refractivity contribution in [2.45, 2.75) is 26.3 Å². The Hall–Kier alpha value is -3.98. The minimum atomic E-state index is -0.634. The van der Waals surface area contributed by atoms with E-state index >= 15 is 0 Å². The van der Waals surface area contributed by atoms with Crippen molar-refractivity contribution in [1.82, 2.24) is 24.5 Å². The monoisotopic (exact) mass is 478 g/mol. The number of hydrogen-bond donors (Lipinski definition) is 1. The molecule has 174 valence electrons. The van der Waals surface area contributed by atoms with Crippen LogP contribution in [0.15, 0.2) is 67.1 Å². The third-order valence-electron chi connectivity index (χ3n) is 5.04. The van der Waals surface area contributed by atoms with Crippen LogP contribution in [0.25, 0.3) is 5.82 Å². The standard InChI is InChI=1S/C24H23ClN6O3/c1-16(2)23-18(13-28-31(23)20-9-5-6-11-26-20)24(33)34-15-22(32)29-21-10-12-27-30(21)14-17-7-3-4-8-19(17)25/h3-13,16H,14-15H2,1-2H3,(H,29,32). The van der Waals surface area contributed by atoms with E-state index in [-0.39, 0.29) is 11.5 Å². The van der Waals surface area contributed by atoms with E-state index in [9.17, 15) is 9.59 Å². The summed E-state index contributed by atoms with van der Waals surface area (Å²) in [6.45, 7) is 3.81. The highest BCUT2D eigenvalue weighted by Crippen LogP contribution is 2.23. The lowest BCUT2D eigenvalue weighted by atomic mass is 10.1. The van der Waals surface area contributed by atoms with Gasteiger partial charge >= 0.3 is 5.97 Å². The number of aromatic nitrogens is 5. The molecule has 4 aromatic rings. The Kier molecular flexibility index (Phi) is 7.03. The van der Waals surface area contributed by atoms with Crippen molar-refractivity contribution in [3.8, 4) is 5.82 Å². The van der Waals surface area contributed by atoms with E-state index in [0.29, 0.717) is 28.9 Å². The molecule has 9 nitrogen and oxygen atoms in total. The van der Waals surface area contributed by atoms with Gasteiger partial charge < -0.3 is 10.1 Å². The van der Waals surface area contributed by atoms with Crippen LogP contribution in [0.3, 0.4) is 0 Å². The van der Waals surface area contributed by atoms with Crippen LogP contribution < -0.4 is 5.32 Å². The first-order valence-corrected chi connectivity index (χ1v) is 11.0. The van der Waals surface area contributed by atoms with Crippen LogP contribution in [0.4, 0.5) is 5.82 Å². The summed E-state index contributed by atoms with van der Waals surface area (Å²) >= 11 is 6.22. The molecule has 0 aliphatic rings. The highest BCUT2D eigenvalue weighted by Gasteiger charge is 2.23. The molecule has 0 bridgehead atoms. The molecule has 10 heteroatoms. The number of amides is 1. The maximum atomic E-state index is 12.8. The van der Waals surface area contributed by atoms with Crippen LogP contribution in [0.5, 0.6) is 0 Å². The third kappa shape index (κ3) is 5.15. The molecule has 34 heavy (non-hydrogen) atoms. The minimum Gasteiger partial charge on any atom is -0.452 e. The number of carbonyl (C=O) groups is 2. The maximum absolute atomic E-state index is 12.8. The second-order valence-corrected chi connectivity index (χ2v) is 8.19. The highest BCUT2D eigenvalue weighted by molar-refractivity contribution is 6.31. The summed E-state index contributed by atoms with van der Waals surface area (Å²) in [5, 5.41) is 11.9. The zero-order valence-electron chi connectivity index (χ0n) is 18.7. The second-order valence-electron chi connectivity index (χ2n) is 7.79. The van der Waals surface area contributed by atoms with E-state index in [1.807, 2.05) is 38.1 Å². The molecule has 0 atom stereocenters. The van der Waals surface area contributed by atoms with Gasteiger partial charge in [0.25, 0.3) is 5.91 Å². The van der Waals surface area contributed by atoms with Gasteiger partial charge in [-0.3, -0.25) is 4.79 Å². The fourth-order valence-corrected chi connectivity index (χ4v) is 3.67. The number of nitrogens with one attached hydrogen (secondary N) is 1. The van der Waals surface area contributed by atoms with Gasteiger partial charge in [0.1, 0.15) is 11.4 Å². The zero-order valence-corrected chi connectivity index (χ0v) is 19.4. The normalized spacial score (nSPS) is 10.9. The van der Waals surface area contributed by atoms with E-state index in [2.05, 4.69) is 20.5 Å². The lowest BCUT2D eigenvalue weighted by Crippen LogP contribution is -2.23. The Morgan fingerprint density at radius 2 is 1.85 bits per heavy atom. The van der Waals surface area contributed by atoms with Crippen molar-refractivity contribution in [3.05, 3.63) is 89.0 Å². The number of halogens is 1. The molecule has 0 radical (unpaired) electrons. The van der Waals surface area contributed by atoms with E-state index in [1.54, 1.807) is 46.0 Å². The SMILES string of the molecule is CC(C)c1c(C(=O)OCC(=O)Nc2ccnn2Cc2ccccc2Cl)cnn1-c1ccccn1. The first kappa shape index (κ1) is 23.2. The Bertz CT molecular complexity index is 1300. The summed E-state index contributed by atoms with van der Waals surface area (Å²) in [6.07, 6.45) is 4.65. The average Bonchev–Trinajstić information content (AvgIpc) is 3.47. The predicted octanol–water partition coefficient (Wildman–Crippen LogP) is 4.08. The van der Waals surface area contributed by atoms with Crippen LogP contribution in [-0.2, 0) is 16.1 Å². The number of pyridine rings is 1. The van der Waals surface area contributed by atoms with Gasteiger partial charge in [-0.05, 0) is 29.7 Å². The highest BCUT2D eigenvalue weighted by atomic mass is 35.5. The molecular formula is C24H23ClN6O3. The molecule has 1 amide bonds. The topological polar surface area (TPSA) is 104 Å². The summed E-state index contributed by atoms with van der Waals surface area (Å²) in [7, 11) is 0. The Morgan fingerprint density at radius 3 is 2.59 bits per heavy atom. The summed E-state index contributed by atoms with van der Waals surface area (Å²) in [4.78, 5) is 29.5. The number of rotatable bonds is 8. The molecule has 0 saturated heterocycles. The largest absolute Gasteiger partial charge is 0.452 e. The number of anilines is 1. The Morgan fingerprint density at radius 1 is 1.06 bits per heavy atom. The molecule has 3 heterocycles. The van der Waals surface area contributed by atoms with Crippen molar-refractivity contribution in [2.75, 3.05) is 11.9 Å². The first-order chi connectivity index (χ1) is 16.4. The molecule has 1 N–H and O–H groups in total. The fraction of sp³-hybridized carbons (Fsp3) is 0.208. The van der Waals surface area contributed by atoms with E-state index in [0.717, 1.165) is 5.56 Å². The zero-order chi connectivity index (χ0) is 24.1. The molecule has 0 fully saturated rings. The Balaban J connectivity index is 1.41. The quantitative estimate of drug-likeness (QED) is 0.382. The summed E-state index contributed by atoms with van der Waals surface area (Å²) in [5.74, 6) is -0.0929. The van der Waals surface area contributed by atoms with Gasteiger partial charge in [0, 0.05) is 17.3 Å². The van der Waals surface area contributed by atoms with Gasteiger partial charge in [-0.25, -0.2) is 19.1 Å². The van der Waals surface area contributed by atoms with Crippen LogP contribution in [-0.4, -0.2) is 43.0 Å². The van der Waals surface area contributed by atoms with Crippen LogP contribution in [0, 0.1) is 0 Å². The van der Waals surface area contributed by atoms with Gasteiger partial charge in [0.15, 0.2) is 12.4 Å². The number of ether oxygens (including phenoxy) is 1. The van der Waals surface area contributed by atoms with Crippen molar-refractivity contribution in [2.24, 2.45) is 0 Å². The predicted molar refractivity (Wildman–Crippen MR) is 127 cm³/mol. The average molecular weight is 479 g/mol. The number of carbonyl (C=O) groups excluding carboxylic acids is 2. The van der Waals surface area contributed by atoms with Gasteiger partial charge in [0.05, 0.1) is 24.6 Å². The number of esters is 1. The molecule has 4 rings (SSSR count). The molecule has 0 aliphatic heterocycles. The number of benzene rings is 1. The van der Waals surface area contributed by atoms with Crippen molar-refractivity contribution < 1.29 is 14.3 Å². The fourth-order valence-electron chi connectivity index (χ4n) is 3.47. The van der Waals surface area contributed by atoms with Crippen LogP contribution >= 0.6 is 11.6 Å². The van der Waals surface area contributed by atoms with Gasteiger partial charge in [-0.15, -0.1) is 0 Å². The molecule has 3 aromatic heterocycles. The van der Waals surface area contributed by atoms with E-state index in [4.69, 9.17) is 16.3 Å². The molecule has 0 spiro atoms. The lowest BCUT2D eigenvalue weighted by Gasteiger charge is -2.12. The maximum Gasteiger partial charge on any atom is 0.342 e. The molecule has 0 aliphatic carbocycles. The third-order valence-corrected chi connectivity index (χ3v) is 5.40. The van der Waals surface area contributed by atoms with Crippen molar-refractivity contribution >= 4 is 29.3 Å². The minimum absolute atomic E-state index is 0.0277. The van der Waals surface area contributed by atoms with E-state index in [1.165, 1.54) is 6.20 Å². The Labute approximate surface area is 201 Å². The summed E-state index contributed by atoms with van der Waals surface area (Å²) in [6, 6.07) is 14.5. The summed E-state index contributed by atoms with van der Waals surface area (Å²) in [5.41, 5.74) is 1.81. The summed E-state index contributed by atoms with van der Waals surface area (Å²) < 4.78 is 8.49. The smallest absolute Gasteiger partial charge is 0.342 e. The van der Waals surface area contributed by atoms with Crippen molar-refractivity contribution in [1.29, 1.82) is 0 Å². The molecule has 0 saturated carbocycles. The number of nitrogens with zero attached hydrogens (tertiary/aromatic N) is 5. The first-order valence-electron chi connectivity index (χ1n) is 10.7. The van der Waals surface area contributed by atoms with Crippen molar-refractivity contribution in [3.63, 3.8) is 0 Å². The lowest BCUT2D eigenvalue weighted by molar-refractivity contribution is -0.119. The molecular weight excluding hydrogens is 456 g/mol. The van der Waals surface area contributed by atoms with Gasteiger partial charge in [-0.1, -0.05) is 49.7 Å². The van der Waals surface area contributed by atoms with Crippen LogP contribution in [0.1, 0.15) is 41.4 Å². The molecule has 0 unspecified atom stereocenters. The van der Waals surface area contributed by atoms with Gasteiger partial charge in [-0.2, -0.15) is 10.2 Å².